The molecule has 10 nitrogen and oxygen atoms in total. The Labute approximate surface area is 124 Å². The number of aromatic amines is 1. The molecule has 0 spiro atoms. The monoisotopic (exact) mass is 311 g/mol. The maximum absolute atomic E-state index is 11.8. The number of H-pyrrole nitrogens is 1. The largest absolute Gasteiger partial charge is 0.388 e. The highest BCUT2D eigenvalue weighted by Crippen LogP contribution is 2.29. The number of aliphatic hydroxyl groups excluding tert-OH is 1. The van der Waals surface area contributed by atoms with Crippen molar-refractivity contribution < 1.29 is 19.3 Å². The number of methoxy groups -OCH3 is 2. The number of imidazole rings is 1. The Balaban J connectivity index is 1.97. The fraction of sp³-hybridized carbons (Fsp3) is 0.583. The van der Waals surface area contributed by atoms with Gasteiger partial charge in [0.2, 0.25) is 5.95 Å². The van der Waals surface area contributed by atoms with E-state index in [4.69, 9.17) is 19.9 Å². The molecular formula is C12H17N5O5. The molecule has 0 unspecified atom stereocenters. The molecule has 2 aromatic heterocycles. The molecule has 0 radical (unpaired) electrons. The average Bonchev–Trinajstić information content (AvgIpc) is 3.05. The van der Waals surface area contributed by atoms with Gasteiger partial charge in [-0.05, 0) is 0 Å². The Hall–Kier alpha value is -2.01. The van der Waals surface area contributed by atoms with E-state index in [1.165, 1.54) is 20.5 Å². The van der Waals surface area contributed by atoms with Gasteiger partial charge in [0.05, 0.1) is 19.0 Å². The van der Waals surface area contributed by atoms with Crippen LogP contribution < -0.4 is 11.3 Å². The van der Waals surface area contributed by atoms with Gasteiger partial charge in [0.15, 0.2) is 17.5 Å². The molecule has 22 heavy (non-hydrogen) atoms. The number of ether oxygens (including phenoxy) is 3. The molecular weight excluding hydrogens is 294 g/mol. The molecule has 1 aliphatic heterocycles. The number of rotatable bonds is 4. The minimum Gasteiger partial charge on any atom is -0.388 e. The van der Waals surface area contributed by atoms with Crippen LogP contribution in [0.15, 0.2) is 11.1 Å². The van der Waals surface area contributed by atoms with E-state index in [-0.39, 0.29) is 18.1 Å². The van der Waals surface area contributed by atoms with Crippen LogP contribution in [0.4, 0.5) is 5.95 Å². The Morgan fingerprint density at radius 3 is 2.95 bits per heavy atom. The van der Waals surface area contributed by atoms with E-state index in [0.717, 1.165) is 0 Å². The number of aliphatic hydroxyl groups is 1. The van der Waals surface area contributed by atoms with Gasteiger partial charge in [-0.1, -0.05) is 0 Å². The fourth-order valence-electron chi connectivity index (χ4n) is 2.66. The van der Waals surface area contributed by atoms with Crippen molar-refractivity contribution in [1.29, 1.82) is 0 Å². The fourth-order valence-corrected chi connectivity index (χ4v) is 2.66. The zero-order chi connectivity index (χ0) is 15.9. The molecule has 3 rings (SSSR count). The van der Waals surface area contributed by atoms with Gasteiger partial charge in [0, 0.05) is 14.2 Å². The third-order valence-electron chi connectivity index (χ3n) is 3.73. The number of anilines is 1. The van der Waals surface area contributed by atoms with Gasteiger partial charge in [-0.3, -0.25) is 9.78 Å². The lowest BCUT2D eigenvalue weighted by atomic mass is 10.1. The van der Waals surface area contributed by atoms with Crippen LogP contribution in [0.2, 0.25) is 0 Å². The first-order valence-electron chi connectivity index (χ1n) is 6.64. The van der Waals surface area contributed by atoms with Crippen LogP contribution in [-0.4, -0.2) is 63.9 Å². The highest BCUT2D eigenvalue weighted by atomic mass is 16.7. The quantitative estimate of drug-likeness (QED) is 0.587. The normalized spacial score (nSPS) is 25.4. The summed E-state index contributed by atoms with van der Waals surface area (Å²) in [7, 11) is 2.93. The third kappa shape index (κ3) is 2.25. The van der Waals surface area contributed by atoms with Crippen molar-refractivity contribution in [1.82, 2.24) is 19.5 Å². The summed E-state index contributed by atoms with van der Waals surface area (Å²) in [6.45, 7) is 0.203. The van der Waals surface area contributed by atoms with Crippen molar-refractivity contribution in [3.05, 3.63) is 16.7 Å². The lowest BCUT2D eigenvalue weighted by molar-refractivity contribution is -0.185. The lowest BCUT2D eigenvalue weighted by Crippen LogP contribution is -2.39. The van der Waals surface area contributed by atoms with Crippen LogP contribution in [0.3, 0.4) is 0 Å². The number of nitrogens with zero attached hydrogens (tertiary/aromatic N) is 3. The summed E-state index contributed by atoms with van der Waals surface area (Å²) in [5.74, 6) is -0.0177. The summed E-state index contributed by atoms with van der Waals surface area (Å²) < 4.78 is 17.4. The van der Waals surface area contributed by atoms with Gasteiger partial charge in [-0.25, -0.2) is 4.98 Å². The van der Waals surface area contributed by atoms with Gasteiger partial charge in [0.1, 0.15) is 12.2 Å². The zero-order valence-electron chi connectivity index (χ0n) is 12.1. The van der Waals surface area contributed by atoms with E-state index in [2.05, 4.69) is 15.0 Å². The molecule has 3 heterocycles. The topological polar surface area (TPSA) is 138 Å². The molecule has 1 fully saturated rings. The summed E-state index contributed by atoms with van der Waals surface area (Å²) in [5, 5.41) is 10.5. The van der Waals surface area contributed by atoms with E-state index in [0.29, 0.717) is 5.65 Å². The number of hydrogen-bond donors (Lipinski definition) is 3. The lowest BCUT2D eigenvalue weighted by Gasteiger charge is -2.24. The number of fused-ring (bicyclic) bond motifs is 1. The van der Waals surface area contributed by atoms with E-state index in [9.17, 15) is 9.90 Å². The van der Waals surface area contributed by atoms with Gasteiger partial charge >= 0.3 is 0 Å². The molecule has 120 valence electrons. The minimum atomic E-state index is -0.912. The smallest absolute Gasteiger partial charge is 0.280 e. The van der Waals surface area contributed by atoms with Gasteiger partial charge in [-0.2, -0.15) is 4.98 Å². The molecule has 0 amide bonds. The highest BCUT2D eigenvalue weighted by molar-refractivity contribution is 5.70. The summed E-state index contributed by atoms with van der Waals surface area (Å²) >= 11 is 0. The summed E-state index contributed by atoms with van der Waals surface area (Å²) in [6, 6.07) is -0.475. The number of nitrogens with two attached hydrogens (primary N) is 1. The SMILES string of the molecule is COC(OC)[C@@H]1OC[C@H](n2cnc3c(=O)[nH]c(N)nc32)[C@H]1O. The number of nitrogen functional groups attached to an aromatic ring is 1. The molecule has 1 aliphatic rings. The molecule has 0 bridgehead atoms. The van der Waals surface area contributed by atoms with E-state index in [1.54, 1.807) is 4.57 Å². The Kier molecular flexibility index (Phi) is 3.83. The summed E-state index contributed by atoms with van der Waals surface area (Å²) in [6.07, 6.45) is -0.835. The highest BCUT2D eigenvalue weighted by Gasteiger charge is 2.42. The molecule has 3 atom stereocenters. The van der Waals surface area contributed by atoms with Gasteiger partial charge in [-0.15, -0.1) is 0 Å². The predicted octanol–water partition coefficient (Wildman–Crippen LogP) is -1.38. The second kappa shape index (κ2) is 5.65. The second-order valence-corrected chi connectivity index (χ2v) is 4.97. The van der Waals surface area contributed by atoms with Gasteiger partial charge in [0.25, 0.3) is 5.56 Å². The van der Waals surface area contributed by atoms with Crippen LogP contribution in [0.1, 0.15) is 6.04 Å². The minimum absolute atomic E-state index is 0.0177. The van der Waals surface area contributed by atoms with E-state index in [1.807, 2.05) is 0 Å². The molecule has 1 saturated heterocycles. The Bertz CT molecular complexity index is 724. The van der Waals surface area contributed by atoms with Crippen LogP contribution in [0.5, 0.6) is 0 Å². The van der Waals surface area contributed by atoms with Crippen molar-refractivity contribution in [2.24, 2.45) is 0 Å². The first kappa shape index (κ1) is 14.9. The average molecular weight is 311 g/mol. The van der Waals surface area contributed by atoms with Crippen molar-refractivity contribution in [3.63, 3.8) is 0 Å². The summed E-state index contributed by atoms with van der Waals surface area (Å²) in [4.78, 5) is 22.3. The first-order chi connectivity index (χ1) is 10.6. The van der Waals surface area contributed by atoms with Crippen LogP contribution in [0, 0.1) is 0 Å². The van der Waals surface area contributed by atoms with Crippen molar-refractivity contribution in [2.75, 3.05) is 26.6 Å². The molecule has 0 aliphatic carbocycles. The number of hydrogen-bond acceptors (Lipinski definition) is 8. The molecule has 10 heteroatoms. The Morgan fingerprint density at radius 1 is 1.55 bits per heavy atom. The first-order valence-corrected chi connectivity index (χ1v) is 6.64. The standard InChI is InChI=1S/C12H17N5O5/c1-20-11(21-2)8-7(18)5(3-22-8)17-4-14-6-9(17)15-12(13)16-10(6)19/h4-5,7-8,11,18H,3H2,1-2H3,(H3,13,15,16,19)/t5-,7+,8+/m0/s1. The molecule has 4 N–H and O–H groups in total. The van der Waals surface area contributed by atoms with Crippen molar-refractivity contribution in [3.8, 4) is 0 Å². The number of nitrogens with one attached hydrogen (secondary N) is 1. The third-order valence-corrected chi connectivity index (χ3v) is 3.73. The predicted molar refractivity (Wildman–Crippen MR) is 75.2 cm³/mol. The van der Waals surface area contributed by atoms with Gasteiger partial charge < -0.3 is 29.6 Å². The number of aromatic nitrogens is 4. The molecule has 0 saturated carbocycles. The van der Waals surface area contributed by atoms with Crippen molar-refractivity contribution in [2.45, 2.75) is 24.5 Å². The maximum Gasteiger partial charge on any atom is 0.280 e. The van der Waals surface area contributed by atoms with E-state index < -0.39 is 30.1 Å². The molecule has 0 aromatic carbocycles. The van der Waals surface area contributed by atoms with Crippen molar-refractivity contribution >= 4 is 17.1 Å². The van der Waals surface area contributed by atoms with Crippen LogP contribution in [0.25, 0.3) is 11.2 Å². The zero-order valence-corrected chi connectivity index (χ0v) is 12.1. The second-order valence-electron chi connectivity index (χ2n) is 4.97. The van der Waals surface area contributed by atoms with Crippen LogP contribution >= 0.6 is 0 Å². The maximum atomic E-state index is 11.8. The van der Waals surface area contributed by atoms with E-state index >= 15 is 0 Å². The summed E-state index contributed by atoms with van der Waals surface area (Å²) in [5.41, 5.74) is 5.58. The Morgan fingerprint density at radius 2 is 2.27 bits per heavy atom. The van der Waals surface area contributed by atoms with Crippen LogP contribution in [-0.2, 0) is 14.2 Å². The molecule has 2 aromatic rings.